The minimum atomic E-state index is 0.160. The zero-order valence-electron chi connectivity index (χ0n) is 7.92. The summed E-state index contributed by atoms with van der Waals surface area (Å²) >= 11 is 0. The molecule has 0 N–H and O–H groups in total. The minimum absolute atomic E-state index is 0.160. The van der Waals surface area contributed by atoms with Crippen LogP contribution in [0.4, 0.5) is 0 Å². The van der Waals surface area contributed by atoms with Crippen molar-refractivity contribution in [3.63, 3.8) is 0 Å². The first kappa shape index (κ1) is 9.11. The van der Waals surface area contributed by atoms with Crippen molar-refractivity contribution in [1.82, 2.24) is 0 Å². The summed E-state index contributed by atoms with van der Waals surface area (Å²) in [5, 5.41) is 11.3. The predicted molar refractivity (Wildman–Crippen MR) is 49.7 cm³/mol. The molecule has 65 valence electrons. The molecule has 0 spiro atoms. The van der Waals surface area contributed by atoms with Crippen LogP contribution in [-0.2, 0) is 11.5 Å². The van der Waals surface area contributed by atoms with Crippen LogP contribution in [-0.4, -0.2) is 0 Å². The Kier molecular flexibility index (Phi) is 2.41. The van der Waals surface area contributed by atoms with Gasteiger partial charge in [0.1, 0.15) is 0 Å². The standard InChI is InChI=1S/C11H15O/c1-11(2,3)8-9-6-4-5-7-10(9)12/h4-7H,8H2,1-3H3. The molecule has 0 saturated carbocycles. The minimum Gasteiger partial charge on any atom is -0.290 e. The lowest BCUT2D eigenvalue weighted by Gasteiger charge is -2.17. The van der Waals surface area contributed by atoms with Gasteiger partial charge in [-0.1, -0.05) is 39.0 Å². The lowest BCUT2D eigenvalue weighted by atomic mass is 9.88. The topological polar surface area (TPSA) is 19.9 Å². The number of benzene rings is 1. The van der Waals surface area contributed by atoms with Crippen LogP contribution in [0.1, 0.15) is 26.3 Å². The van der Waals surface area contributed by atoms with E-state index in [9.17, 15) is 5.11 Å². The molecule has 0 saturated heterocycles. The van der Waals surface area contributed by atoms with E-state index in [2.05, 4.69) is 20.8 Å². The molecule has 1 heteroatoms. The van der Waals surface area contributed by atoms with Crippen molar-refractivity contribution in [2.24, 2.45) is 5.41 Å². The summed E-state index contributed by atoms with van der Waals surface area (Å²) in [5.74, 6) is 0.160. The highest BCUT2D eigenvalue weighted by molar-refractivity contribution is 5.32. The van der Waals surface area contributed by atoms with Crippen LogP contribution in [0.3, 0.4) is 0 Å². The Morgan fingerprint density at radius 2 is 1.75 bits per heavy atom. The summed E-state index contributed by atoms with van der Waals surface area (Å²) in [7, 11) is 0. The Morgan fingerprint density at radius 3 is 2.25 bits per heavy atom. The van der Waals surface area contributed by atoms with E-state index in [0.717, 1.165) is 12.0 Å². The smallest absolute Gasteiger partial charge is 0.181 e. The van der Waals surface area contributed by atoms with Gasteiger partial charge in [-0.15, -0.1) is 0 Å². The van der Waals surface area contributed by atoms with E-state index >= 15 is 0 Å². The van der Waals surface area contributed by atoms with Gasteiger partial charge in [0, 0.05) is 0 Å². The molecule has 1 radical (unpaired) electrons. The van der Waals surface area contributed by atoms with Crippen molar-refractivity contribution >= 4 is 0 Å². The molecule has 0 heterocycles. The van der Waals surface area contributed by atoms with Gasteiger partial charge in [-0.25, -0.2) is 0 Å². The fraction of sp³-hybridized carbons (Fsp3) is 0.455. The molecule has 0 aromatic heterocycles. The van der Waals surface area contributed by atoms with E-state index in [0.29, 0.717) is 0 Å². The maximum Gasteiger partial charge on any atom is 0.181 e. The second kappa shape index (κ2) is 3.18. The van der Waals surface area contributed by atoms with Gasteiger partial charge in [-0.3, -0.25) is 5.11 Å². The van der Waals surface area contributed by atoms with Crippen LogP contribution in [0.5, 0.6) is 5.75 Å². The second-order valence-electron chi connectivity index (χ2n) is 4.35. The van der Waals surface area contributed by atoms with Crippen LogP contribution in [0.25, 0.3) is 0 Å². The number of hydrogen-bond acceptors (Lipinski definition) is 0. The van der Waals surface area contributed by atoms with Crippen molar-refractivity contribution in [3.8, 4) is 5.75 Å². The highest BCUT2D eigenvalue weighted by atomic mass is 16.3. The Labute approximate surface area is 74.1 Å². The van der Waals surface area contributed by atoms with Crippen LogP contribution in [0.15, 0.2) is 24.3 Å². The number of hydrogen-bond donors (Lipinski definition) is 0. The number of para-hydroxylation sites is 1. The molecule has 1 rings (SSSR count). The first-order valence-corrected chi connectivity index (χ1v) is 4.24. The van der Waals surface area contributed by atoms with Gasteiger partial charge in [0.2, 0.25) is 0 Å². The Balaban J connectivity index is 2.83. The van der Waals surface area contributed by atoms with Gasteiger partial charge >= 0.3 is 0 Å². The fourth-order valence-electron chi connectivity index (χ4n) is 1.22. The molecule has 1 nitrogen and oxygen atoms in total. The molecular weight excluding hydrogens is 148 g/mol. The molecule has 1 aromatic rings. The van der Waals surface area contributed by atoms with Crippen molar-refractivity contribution in [3.05, 3.63) is 29.8 Å². The highest BCUT2D eigenvalue weighted by Crippen LogP contribution is 2.26. The third-order valence-corrected chi connectivity index (χ3v) is 1.69. The van der Waals surface area contributed by atoms with Crippen molar-refractivity contribution in [2.45, 2.75) is 27.2 Å². The first-order valence-electron chi connectivity index (χ1n) is 4.24. The van der Waals surface area contributed by atoms with E-state index in [1.807, 2.05) is 12.1 Å². The molecule has 0 aliphatic heterocycles. The van der Waals surface area contributed by atoms with Gasteiger partial charge in [0.15, 0.2) is 5.75 Å². The maximum atomic E-state index is 11.3. The van der Waals surface area contributed by atoms with Crippen LogP contribution in [0.2, 0.25) is 0 Å². The van der Waals surface area contributed by atoms with Crippen molar-refractivity contribution in [2.75, 3.05) is 0 Å². The van der Waals surface area contributed by atoms with Gasteiger partial charge in [0.05, 0.1) is 0 Å². The summed E-state index contributed by atoms with van der Waals surface area (Å²) in [6.07, 6.45) is 0.854. The van der Waals surface area contributed by atoms with Gasteiger partial charge in [-0.05, 0) is 23.5 Å². The van der Waals surface area contributed by atoms with Crippen LogP contribution >= 0.6 is 0 Å². The molecule has 0 unspecified atom stereocenters. The molecule has 1 aromatic carbocycles. The summed E-state index contributed by atoms with van der Waals surface area (Å²) in [6, 6.07) is 7.24. The summed E-state index contributed by atoms with van der Waals surface area (Å²) in [5.41, 5.74) is 1.12. The lowest BCUT2D eigenvalue weighted by molar-refractivity contribution is 0.336. The predicted octanol–water partition coefficient (Wildman–Crippen LogP) is 3.42. The van der Waals surface area contributed by atoms with E-state index < -0.39 is 0 Å². The maximum absolute atomic E-state index is 11.3. The summed E-state index contributed by atoms with van der Waals surface area (Å²) < 4.78 is 0. The Hall–Kier alpha value is -0.980. The highest BCUT2D eigenvalue weighted by Gasteiger charge is 2.13. The monoisotopic (exact) mass is 163 g/mol. The molecule has 0 aliphatic rings. The molecule has 0 bridgehead atoms. The second-order valence-corrected chi connectivity index (χ2v) is 4.35. The Bertz CT molecular complexity index is 258. The SMILES string of the molecule is CC(C)(C)Cc1ccccc1[O]. The van der Waals surface area contributed by atoms with Crippen LogP contribution < -0.4 is 0 Å². The molecule has 12 heavy (non-hydrogen) atoms. The van der Waals surface area contributed by atoms with Gasteiger partial charge in [0.25, 0.3) is 0 Å². The third-order valence-electron chi connectivity index (χ3n) is 1.69. The summed E-state index contributed by atoms with van der Waals surface area (Å²) in [6.45, 7) is 6.41. The lowest BCUT2D eigenvalue weighted by Crippen LogP contribution is -2.08. The van der Waals surface area contributed by atoms with Gasteiger partial charge < -0.3 is 0 Å². The molecular formula is C11H15O. The van der Waals surface area contributed by atoms with Crippen molar-refractivity contribution < 1.29 is 5.11 Å². The van der Waals surface area contributed by atoms with Gasteiger partial charge in [-0.2, -0.15) is 0 Å². The molecule has 0 aliphatic carbocycles. The average molecular weight is 163 g/mol. The molecule has 0 fully saturated rings. The third kappa shape index (κ3) is 2.57. The average Bonchev–Trinajstić information content (AvgIpc) is 1.91. The largest absolute Gasteiger partial charge is 0.290 e. The molecule has 0 atom stereocenters. The fourth-order valence-corrected chi connectivity index (χ4v) is 1.22. The van der Waals surface area contributed by atoms with E-state index in [1.54, 1.807) is 12.1 Å². The first-order chi connectivity index (χ1) is 5.49. The van der Waals surface area contributed by atoms with E-state index in [4.69, 9.17) is 0 Å². The van der Waals surface area contributed by atoms with E-state index in [-0.39, 0.29) is 11.2 Å². The van der Waals surface area contributed by atoms with Crippen LogP contribution in [0, 0.1) is 5.41 Å². The quantitative estimate of drug-likeness (QED) is 0.604. The number of rotatable bonds is 1. The van der Waals surface area contributed by atoms with E-state index in [1.165, 1.54) is 0 Å². The van der Waals surface area contributed by atoms with Crippen molar-refractivity contribution in [1.29, 1.82) is 0 Å². The molecule has 0 amide bonds. The summed E-state index contributed by atoms with van der Waals surface area (Å²) in [4.78, 5) is 0. The normalized spacial score (nSPS) is 11.6. The Morgan fingerprint density at radius 1 is 1.17 bits per heavy atom. The zero-order valence-corrected chi connectivity index (χ0v) is 7.92. The zero-order chi connectivity index (χ0) is 9.19.